The molecule has 53 heavy (non-hydrogen) atoms. The molecule has 2 aliphatic carbocycles. The summed E-state index contributed by atoms with van der Waals surface area (Å²) in [4.78, 5) is 0. The van der Waals surface area contributed by atoms with Crippen LogP contribution in [0.15, 0.2) is 6.20 Å². The molecule has 0 amide bonds. The van der Waals surface area contributed by atoms with E-state index in [1.807, 2.05) is 4.68 Å². The van der Waals surface area contributed by atoms with Crippen LogP contribution in [0.1, 0.15) is 222 Å². The zero-order valence-corrected chi connectivity index (χ0v) is 37.8. The van der Waals surface area contributed by atoms with Gasteiger partial charge in [-0.15, -0.1) is 10.2 Å². The van der Waals surface area contributed by atoms with E-state index in [4.69, 9.17) is 0 Å². The van der Waals surface area contributed by atoms with E-state index in [9.17, 15) is 0 Å². The van der Waals surface area contributed by atoms with Gasteiger partial charge in [0.2, 0.25) is 0 Å². The third-order valence-electron chi connectivity index (χ3n) is 11.3. The molecule has 0 N–H and O–H groups in total. The number of rotatable bonds is 22. The lowest BCUT2D eigenvalue weighted by Gasteiger charge is -2.11. The maximum atomic E-state index is 4.49. The van der Waals surface area contributed by atoms with Crippen molar-refractivity contribution in [2.75, 3.05) is 0 Å². The fourth-order valence-corrected chi connectivity index (χ4v) is 7.77. The summed E-state index contributed by atoms with van der Waals surface area (Å²) in [7, 11) is 0. The molecule has 4 rings (SSSR count). The summed E-state index contributed by atoms with van der Waals surface area (Å²) in [5.41, 5.74) is 3.91. The number of aryl methyl sites for hydroxylation is 4. The highest BCUT2D eigenvalue weighted by Gasteiger charge is 2.48. The molecule has 0 saturated heterocycles. The monoisotopic (exact) mass is 741 g/mol. The zero-order chi connectivity index (χ0) is 39.4. The van der Waals surface area contributed by atoms with E-state index >= 15 is 0 Å². The summed E-state index contributed by atoms with van der Waals surface area (Å²) in [6.45, 7) is 29.5. The summed E-state index contributed by atoms with van der Waals surface area (Å²) >= 11 is 0. The number of nitrogens with zero attached hydrogens (tertiary/aromatic N) is 6. The van der Waals surface area contributed by atoms with Crippen molar-refractivity contribution in [3.05, 3.63) is 23.3 Å². The highest BCUT2D eigenvalue weighted by atomic mass is 15.4. The van der Waals surface area contributed by atoms with Crippen molar-refractivity contribution in [3.8, 4) is 0 Å². The highest BCUT2D eigenvalue weighted by molar-refractivity contribution is 5.15. The van der Waals surface area contributed by atoms with Crippen LogP contribution >= 0.6 is 0 Å². The Kier molecular flexibility index (Phi) is 28.4. The number of aromatic nitrogens is 6. The van der Waals surface area contributed by atoms with Gasteiger partial charge in [0.05, 0.1) is 17.1 Å². The van der Waals surface area contributed by atoms with Crippen molar-refractivity contribution in [2.24, 2.45) is 41.4 Å². The number of hydrogen-bond donors (Lipinski definition) is 0. The first-order valence-electron chi connectivity index (χ1n) is 23.3. The smallest absolute Gasteiger partial charge is 0.0859 e. The van der Waals surface area contributed by atoms with E-state index < -0.39 is 0 Å². The SMILES string of the molecule is CCCCCC(C)C.CCCCCC(C)C.CCCCc1cn(CCCCC(C)C)nn1.CC[C@@H]1[C@H]2CCc3c(nnn3CCCCC(C)C)CC[C@@H]12. The van der Waals surface area contributed by atoms with Crippen molar-refractivity contribution in [1.29, 1.82) is 0 Å². The predicted octanol–water partition coefficient (Wildman–Crippen LogP) is 14.1. The fourth-order valence-electron chi connectivity index (χ4n) is 7.77. The normalized spacial score (nSPS) is 17.6. The molecule has 3 atom stereocenters. The second-order valence-corrected chi connectivity index (χ2v) is 18.3. The van der Waals surface area contributed by atoms with E-state index in [0.717, 1.165) is 66.6 Å². The molecule has 2 aromatic rings. The van der Waals surface area contributed by atoms with Gasteiger partial charge < -0.3 is 0 Å². The van der Waals surface area contributed by atoms with E-state index in [-0.39, 0.29) is 0 Å². The maximum absolute atomic E-state index is 4.49. The average Bonchev–Trinajstić information content (AvgIpc) is 3.35. The maximum Gasteiger partial charge on any atom is 0.0859 e. The quantitative estimate of drug-likeness (QED) is 0.113. The number of unbranched alkanes of at least 4 members (excludes halogenated alkanes) is 7. The van der Waals surface area contributed by atoms with E-state index in [1.165, 1.54) is 146 Å². The molecular weight excluding hydrogens is 649 g/mol. The summed E-state index contributed by atoms with van der Waals surface area (Å²) in [6, 6.07) is 0. The standard InChI is InChI=1S/C18H31N3.C13H25N3.2C8H18/c1-4-14-15-8-10-17-18(11-9-16(14)15)21(20-19-17)12-6-5-7-13(2)3;1-4-5-9-13-11-16(15-14-13)10-7-6-8-12(2)3;2*1-4-5-6-7-8(2)3/h13-16H,4-12H2,1-3H3;11-12H,4-10H2,1-3H3;2*8H,4-7H2,1-3H3/t14-,15-,16+;;;/m0.../s1. The summed E-state index contributed by atoms with van der Waals surface area (Å²) in [5.74, 6) is 6.46. The largest absolute Gasteiger partial charge is 0.252 e. The molecule has 0 unspecified atom stereocenters. The minimum atomic E-state index is 0.816. The molecule has 0 aromatic carbocycles. The minimum absolute atomic E-state index is 0.816. The van der Waals surface area contributed by atoms with Crippen LogP contribution in [0, 0.1) is 41.4 Å². The molecule has 1 saturated carbocycles. The Balaban J connectivity index is 0.000000388. The average molecular weight is 741 g/mol. The summed E-state index contributed by atoms with van der Waals surface area (Å²) in [6.07, 6.45) is 31.0. The van der Waals surface area contributed by atoms with Crippen LogP contribution in [0.2, 0.25) is 0 Å². The van der Waals surface area contributed by atoms with Crippen LogP contribution in [-0.2, 0) is 32.4 Å². The Hall–Kier alpha value is -1.72. The van der Waals surface area contributed by atoms with Crippen LogP contribution < -0.4 is 0 Å². The van der Waals surface area contributed by atoms with E-state index in [0.29, 0.717) is 0 Å². The van der Waals surface area contributed by atoms with Gasteiger partial charge in [-0.2, -0.15) is 0 Å². The molecule has 0 aliphatic heterocycles. The van der Waals surface area contributed by atoms with Crippen molar-refractivity contribution < 1.29 is 0 Å². The van der Waals surface area contributed by atoms with Crippen LogP contribution in [0.5, 0.6) is 0 Å². The Morgan fingerprint density at radius 2 is 1.06 bits per heavy atom. The first-order valence-corrected chi connectivity index (χ1v) is 23.3. The van der Waals surface area contributed by atoms with Gasteiger partial charge in [0.1, 0.15) is 0 Å². The molecule has 2 aliphatic rings. The molecule has 2 heterocycles. The first-order chi connectivity index (χ1) is 25.5. The second kappa shape index (κ2) is 30.5. The summed E-state index contributed by atoms with van der Waals surface area (Å²) < 4.78 is 4.21. The lowest BCUT2D eigenvalue weighted by molar-refractivity contribution is 0.471. The second-order valence-electron chi connectivity index (χ2n) is 18.3. The van der Waals surface area contributed by atoms with Crippen molar-refractivity contribution >= 4 is 0 Å². The third kappa shape index (κ3) is 23.7. The number of hydrogen-bond acceptors (Lipinski definition) is 4. The van der Waals surface area contributed by atoms with E-state index in [2.05, 4.69) is 115 Å². The minimum Gasteiger partial charge on any atom is -0.252 e. The Morgan fingerprint density at radius 1 is 0.566 bits per heavy atom. The Morgan fingerprint density at radius 3 is 1.55 bits per heavy atom. The molecule has 2 aromatic heterocycles. The topological polar surface area (TPSA) is 61.4 Å². The summed E-state index contributed by atoms with van der Waals surface area (Å²) in [5, 5.41) is 17.3. The lowest BCUT2D eigenvalue weighted by Crippen LogP contribution is -2.09. The van der Waals surface area contributed by atoms with Crippen molar-refractivity contribution in [2.45, 2.75) is 237 Å². The molecule has 6 nitrogen and oxygen atoms in total. The van der Waals surface area contributed by atoms with Crippen LogP contribution in [0.4, 0.5) is 0 Å². The van der Waals surface area contributed by atoms with Gasteiger partial charge in [-0.3, -0.25) is 4.68 Å². The molecule has 0 spiro atoms. The Labute approximate surface area is 331 Å². The van der Waals surface area contributed by atoms with Crippen molar-refractivity contribution in [3.63, 3.8) is 0 Å². The van der Waals surface area contributed by atoms with Gasteiger partial charge in [0.15, 0.2) is 0 Å². The van der Waals surface area contributed by atoms with E-state index in [1.54, 1.807) is 0 Å². The number of fused-ring (bicyclic) bond motifs is 2. The van der Waals surface area contributed by atoms with Gasteiger partial charge in [-0.25, -0.2) is 4.68 Å². The molecular formula is C47H92N6. The molecule has 310 valence electrons. The van der Waals surface area contributed by atoms with Gasteiger partial charge in [-0.1, -0.05) is 183 Å². The van der Waals surface area contributed by atoms with Crippen LogP contribution in [0.3, 0.4) is 0 Å². The van der Waals surface area contributed by atoms with Crippen molar-refractivity contribution in [1.82, 2.24) is 30.0 Å². The van der Waals surface area contributed by atoms with Gasteiger partial charge >= 0.3 is 0 Å². The van der Waals surface area contributed by atoms with Gasteiger partial charge in [0, 0.05) is 19.3 Å². The predicted molar refractivity (Wildman–Crippen MR) is 231 cm³/mol. The Bertz CT molecular complexity index is 1080. The molecule has 1 fully saturated rings. The molecule has 6 heteroatoms. The zero-order valence-electron chi connectivity index (χ0n) is 37.8. The lowest BCUT2D eigenvalue weighted by atomic mass is 10.0. The highest BCUT2D eigenvalue weighted by Crippen LogP contribution is 2.54. The molecule has 0 radical (unpaired) electrons. The molecule has 0 bridgehead atoms. The fraction of sp³-hybridized carbons (Fsp3) is 0.915. The first kappa shape index (κ1) is 49.3. The van der Waals surface area contributed by atoms with Gasteiger partial charge in [-0.05, 0) is 92.8 Å². The van der Waals surface area contributed by atoms with Gasteiger partial charge in [0.25, 0.3) is 0 Å². The van der Waals surface area contributed by atoms with Crippen LogP contribution in [0.25, 0.3) is 0 Å². The van der Waals surface area contributed by atoms with Crippen LogP contribution in [-0.4, -0.2) is 30.0 Å². The third-order valence-corrected chi connectivity index (χ3v) is 11.3.